The van der Waals surface area contributed by atoms with Crippen LogP contribution < -0.4 is 15.6 Å². The molecule has 152 valence electrons. The molecule has 1 aliphatic carbocycles. The molecule has 0 spiro atoms. The zero-order valence-electron chi connectivity index (χ0n) is 15.0. The molecule has 0 radical (unpaired) electrons. The number of carbonyl (C=O) groups is 1. The normalized spacial score (nSPS) is 13.9. The largest absolute Gasteiger partial charge is 0.573 e. The Labute approximate surface area is 166 Å². The number of hydrogen-bond donors (Lipinski definition) is 1. The number of anilines is 1. The fourth-order valence-corrected chi connectivity index (χ4v) is 4.08. The Morgan fingerprint density at radius 1 is 1.24 bits per heavy atom. The molecular weight excluding hydrogens is 409 g/mol. The fourth-order valence-electron chi connectivity index (χ4n) is 3.16. The highest BCUT2D eigenvalue weighted by Gasteiger charge is 2.31. The van der Waals surface area contributed by atoms with Crippen molar-refractivity contribution in [3.8, 4) is 5.75 Å². The average molecular weight is 424 g/mol. The molecule has 1 N–H and O–H groups in total. The van der Waals surface area contributed by atoms with Gasteiger partial charge in [0, 0.05) is 12.1 Å². The Balaban J connectivity index is 1.48. The molecule has 0 bridgehead atoms. The minimum Gasteiger partial charge on any atom is -0.406 e. The summed E-state index contributed by atoms with van der Waals surface area (Å²) in [6.45, 7) is -0.273. The lowest BCUT2D eigenvalue weighted by molar-refractivity contribution is -0.274. The third-order valence-corrected chi connectivity index (χ3v) is 5.34. The number of fused-ring (bicyclic) bond motifs is 2. The number of benzene rings is 1. The van der Waals surface area contributed by atoms with Gasteiger partial charge in [-0.25, -0.2) is 9.67 Å². The number of aromatic nitrogens is 3. The number of nitrogens with one attached hydrogen (secondary N) is 1. The highest BCUT2D eigenvalue weighted by molar-refractivity contribution is 7.22. The standard InChI is InChI=1S/C18H15F3N4O3S/c19-18(20,21)28-11-5-6-13-14(8-11)29-17(22-13)23-15(26)9-25-16(27)7-10-3-1-2-4-12(10)24-25/h5-8H,1-4,9H2,(H,22,23,26). The first-order valence-corrected chi connectivity index (χ1v) is 9.64. The summed E-state index contributed by atoms with van der Waals surface area (Å²) in [4.78, 5) is 28.7. The molecule has 3 aromatic rings. The van der Waals surface area contributed by atoms with Crippen LogP contribution in [0.15, 0.2) is 29.1 Å². The first-order chi connectivity index (χ1) is 13.8. The average Bonchev–Trinajstić information content (AvgIpc) is 3.02. The van der Waals surface area contributed by atoms with Gasteiger partial charge in [-0.05, 0) is 43.4 Å². The first kappa shape index (κ1) is 19.4. The molecule has 1 aromatic carbocycles. The van der Waals surface area contributed by atoms with Crippen LogP contribution in [0.3, 0.4) is 0 Å². The minimum absolute atomic E-state index is 0.208. The molecule has 11 heteroatoms. The molecule has 0 aliphatic heterocycles. The van der Waals surface area contributed by atoms with Crippen LogP contribution in [0.25, 0.3) is 10.2 Å². The van der Waals surface area contributed by atoms with Gasteiger partial charge < -0.3 is 10.1 Å². The Hall–Kier alpha value is -2.95. The molecule has 2 aromatic heterocycles. The fraction of sp³-hybridized carbons (Fsp3) is 0.333. The summed E-state index contributed by atoms with van der Waals surface area (Å²) in [5, 5.41) is 7.06. The van der Waals surface area contributed by atoms with Gasteiger partial charge in [0.2, 0.25) is 5.91 Å². The zero-order chi connectivity index (χ0) is 20.6. The molecule has 0 atom stereocenters. The van der Waals surface area contributed by atoms with Gasteiger partial charge in [-0.1, -0.05) is 11.3 Å². The molecule has 4 rings (SSSR count). The second-order valence-electron chi connectivity index (χ2n) is 6.56. The van der Waals surface area contributed by atoms with Crippen molar-refractivity contribution in [1.29, 1.82) is 0 Å². The number of nitrogens with zero attached hydrogens (tertiary/aromatic N) is 3. The predicted octanol–water partition coefficient (Wildman–Crippen LogP) is 3.27. The summed E-state index contributed by atoms with van der Waals surface area (Å²) in [7, 11) is 0. The second kappa shape index (κ2) is 7.47. The van der Waals surface area contributed by atoms with E-state index in [1.165, 1.54) is 18.2 Å². The molecular formula is C18H15F3N4O3S. The van der Waals surface area contributed by atoms with Crippen molar-refractivity contribution < 1.29 is 22.7 Å². The van der Waals surface area contributed by atoms with Crippen LogP contribution in [0.2, 0.25) is 0 Å². The van der Waals surface area contributed by atoms with Gasteiger partial charge in [0.1, 0.15) is 12.3 Å². The number of aryl methyl sites for hydroxylation is 2. The molecule has 0 saturated carbocycles. The molecule has 0 fully saturated rings. The van der Waals surface area contributed by atoms with E-state index in [2.05, 4.69) is 20.1 Å². The van der Waals surface area contributed by atoms with Crippen molar-refractivity contribution in [2.24, 2.45) is 0 Å². The van der Waals surface area contributed by atoms with E-state index in [9.17, 15) is 22.8 Å². The van der Waals surface area contributed by atoms with Gasteiger partial charge in [0.25, 0.3) is 5.56 Å². The van der Waals surface area contributed by atoms with Crippen LogP contribution in [-0.2, 0) is 24.2 Å². The van der Waals surface area contributed by atoms with E-state index in [1.807, 2.05) is 0 Å². The zero-order valence-corrected chi connectivity index (χ0v) is 15.8. The van der Waals surface area contributed by atoms with E-state index < -0.39 is 12.3 Å². The van der Waals surface area contributed by atoms with Crippen LogP contribution in [0, 0.1) is 0 Å². The third-order valence-electron chi connectivity index (χ3n) is 4.41. The highest BCUT2D eigenvalue weighted by Crippen LogP contribution is 2.31. The molecule has 2 heterocycles. The lowest BCUT2D eigenvalue weighted by Gasteiger charge is -2.15. The van der Waals surface area contributed by atoms with Crippen LogP contribution in [0.5, 0.6) is 5.75 Å². The number of hydrogen-bond acceptors (Lipinski definition) is 6. The maximum atomic E-state index is 12.3. The van der Waals surface area contributed by atoms with E-state index in [0.717, 1.165) is 59.0 Å². The van der Waals surface area contributed by atoms with E-state index in [-0.39, 0.29) is 23.0 Å². The smallest absolute Gasteiger partial charge is 0.406 e. The van der Waals surface area contributed by atoms with Crippen LogP contribution in [-0.4, -0.2) is 27.0 Å². The van der Waals surface area contributed by atoms with Crippen molar-refractivity contribution in [3.05, 3.63) is 45.9 Å². The van der Waals surface area contributed by atoms with Crippen molar-refractivity contribution >= 4 is 32.6 Å². The van der Waals surface area contributed by atoms with Crippen LogP contribution in [0.4, 0.5) is 18.3 Å². The van der Waals surface area contributed by atoms with E-state index in [4.69, 9.17) is 0 Å². The summed E-state index contributed by atoms with van der Waals surface area (Å²) in [5.74, 6) is -0.863. The van der Waals surface area contributed by atoms with E-state index in [0.29, 0.717) is 10.2 Å². The molecule has 1 amide bonds. The highest BCUT2D eigenvalue weighted by atomic mass is 32.1. The lowest BCUT2D eigenvalue weighted by Crippen LogP contribution is -2.31. The molecule has 1 aliphatic rings. The lowest BCUT2D eigenvalue weighted by atomic mass is 9.97. The van der Waals surface area contributed by atoms with Crippen molar-refractivity contribution in [1.82, 2.24) is 14.8 Å². The summed E-state index contributed by atoms with van der Waals surface area (Å²) in [6, 6.07) is 5.25. The first-order valence-electron chi connectivity index (χ1n) is 8.83. The number of amides is 1. The number of halogens is 3. The number of alkyl halides is 3. The predicted molar refractivity (Wildman–Crippen MR) is 100 cm³/mol. The Kier molecular flexibility index (Phi) is 4.99. The van der Waals surface area contributed by atoms with Gasteiger partial charge in [0.05, 0.1) is 15.9 Å². The monoisotopic (exact) mass is 424 g/mol. The van der Waals surface area contributed by atoms with E-state index in [1.54, 1.807) is 0 Å². The number of carbonyl (C=O) groups excluding carboxylic acids is 1. The van der Waals surface area contributed by atoms with Crippen molar-refractivity contribution in [2.75, 3.05) is 5.32 Å². The van der Waals surface area contributed by atoms with Crippen molar-refractivity contribution in [3.63, 3.8) is 0 Å². The number of ether oxygens (including phenoxy) is 1. The van der Waals surface area contributed by atoms with E-state index >= 15 is 0 Å². The SMILES string of the molecule is O=C(Cn1nc2c(cc1=O)CCCC2)Nc1nc2ccc(OC(F)(F)F)cc2s1. The quantitative estimate of drug-likeness (QED) is 0.695. The molecule has 0 unspecified atom stereocenters. The summed E-state index contributed by atoms with van der Waals surface area (Å²) >= 11 is 1.01. The maximum absolute atomic E-state index is 12.3. The Morgan fingerprint density at radius 2 is 2.03 bits per heavy atom. The van der Waals surface area contributed by atoms with Gasteiger partial charge >= 0.3 is 6.36 Å². The van der Waals surface area contributed by atoms with Crippen LogP contribution in [0.1, 0.15) is 24.1 Å². The second-order valence-corrected chi connectivity index (χ2v) is 7.59. The molecule has 29 heavy (non-hydrogen) atoms. The molecule has 0 saturated heterocycles. The molecule has 7 nitrogen and oxygen atoms in total. The number of rotatable bonds is 4. The summed E-state index contributed by atoms with van der Waals surface area (Å²) in [6.07, 6.45) is -1.18. The minimum atomic E-state index is -4.79. The summed E-state index contributed by atoms with van der Waals surface area (Å²) < 4.78 is 42.4. The third kappa shape index (κ3) is 4.56. The summed E-state index contributed by atoms with van der Waals surface area (Å²) in [5.41, 5.74) is 1.84. The number of thiazole rings is 1. The van der Waals surface area contributed by atoms with Gasteiger partial charge in [-0.2, -0.15) is 5.10 Å². The topological polar surface area (TPSA) is 86.1 Å². The Morgan fingerprint density at radius 3 is 2.83 bits per heavy atom. The van der Waals surface area contributed by atoms with Gasteiger partial charge in [-0.3, -0.25) is 9.59 Å². The van der Waals surface area contributed by atoms with Gasteiger partial charge in [0.15, 0.2) is 5.13 Å². The Bertz CT molecular complexity index is 1140. The van der Waals surface area contributed by atoms with Crippen LogP contribution >= 0.6 is 11.3 Å². The van der Waals surface area contributed by atoms with Crippen molar-refractivity contribution in [2.45, 2.75) is 38.6 Å². The maximum Gasteiger partial charge on any atom is 0.573 e. The van der Waals surface area contributed by atoms with Gasteiger partial charge in [-0.15, -0.1) is 13.2 Å².